The number of carboxylic acid groups (broad SMARTS) is 1. The SMILES string of the molecule is CCN(C[C@H]1O[C@@H]2SC(NC)=N[C@@H]2[C@@H](O)[C@@H]1O)C(=O)O. The van der Waals surface area contributed by atoms with E-state index in [2.05, 4.69) is 10.3 Å². The summed E-state index contributed by atoms with van der Waals surface area (Å²) < 4.78 is 5.70. The van der Waals surface area contributed by atoms with Gasteiger partial charge >= 0.3 is 6.09 Å². The van der Waals surface area contributed by atoms with Crippen molar-refractivity contribution in [2.24, 2.45) is 4.99 Å². The molecule has 1 fully saturated rings. The second kappa shape index (κ2) is 6.17. The molecule has 4 N–H and O–H groups in total. The quantitative estimate of drug-likeness (QED) is 0.535. The van der Waals surface area contributed by atoms with E-state index in [4.69, 9.17) is 9.84 Å². The van der Waals surface area contributed by atoms with Crippen molar-refractivity contribution in [2.45, 2.75) is 36.7 Å². The van der Waals surface area contributed by atoms with Gasteiger partial charge in [-0.1, -0.05) is 11.8 Å². The van der Waals surface area contributed by atoms with E-state index in [1.807, 2.05) is 0 Å². The fraction of sp³-hybridized carbons (Fsp3) is 0.818. The van der Waals surface area contributed by atoms with Gasteiger partial charge in [0, 0.05) is 13.6 Å². The molecule has 2 rings (SSSR count). The highest BCUT2D eigenvalue weighted by atomic mass is 32.2. The van der Waals surface area contributed by atoms with E-state index < -0.39 is 35.9 Å². The number of aliphatic hydroxyl groups excluding tert-OH is 2. The molecule has 0 bridgehead atoms. The Bertz CT molecular complexity index is 408. The predicted molar refractivity (Wildman–Crippen MR) is 73.8 cm³/mol. The summed E-state index contributed by atoms with van der Waals surface area (Å²) in [5.41, 5.74) is -0.409. The molecule has 0 radical (unpaired) electrons. The predicted octanol–water partition coefficient (Wildman–Crippen LogP) is -0.876. The Morgan fingerprint density at radius 2 is 2.20 bits per heavy atom. The maximum atomic E-state index is 11.0. The average Bonchev–Trinajstić information content (AvgIpc) is 2.84. The molecule has 114 valence electrons. The van der Waals surface area contributed by atoms with Gasteiger partial charge in [-0.25, -0.2) is 4.79 Å². The molecule has 2 aliphatic rings. The van der Waals surface area contributed by atoms with E-state index in [0.717, 1.165) is 4.90 Å². The lowest BCUT2D eigenvalue weighted by Crippen LogP contribution is -2.58. The highest BCUT2D eigenvalue weighted by Gasteiger charge is 2.48. The summed E-state index contributed by atoms with van der Waals surface area (Å²) in [7, 11) is 1.71. The molecule has 2 aliphatic heterocycles. The Morgan fingerprint density at radius 1 is 1.50 bits per heavy atom. The molecule has 1 saturated heterocycles. The zero-order valence-electron chi connectivity index (χ0n) is 11.3. The molecule has 0 aromatic rings. The number of nitrogens with one attached hydrogen (secondary N) is 1. The van der Waals surface area contributed by atoms with Gasteiger partial charge in [0.1, 0.15) is 29.8 Å². The fourth-order valence-electron chi connectivity index (χ4n) is 2.26. The van der Waals surface area contributed by atoms with Crippen LogP contribution in [0.25, 0.3) is 0 Å². The maximum Gasteiger partial charge on any atom is 0.407 e. The van der Waals surface area contributed by atoms with E-state index in [9.17, 15) is 15.0 Å². The number of thioether (sulfide) groups is 1. The molecule has 0 spiro atoms. The van der Waals surface area contributed by atoms with Crippen molar-refractivity contribution in [3.63, 3.8) is 0 Å². The van der Waals surface area contributed by atoms with Gasteiger partial charge in [0.05, 0.1) is 6.54 Å². The Balaban J connectivity index is 2.06. The number of ether oxygens (including phenoxy) is 1. The molecule has 1 amide bonds. The second-order valence-corrected chi connectivity index (χ2v) is 5.73. The Kier molecular flexibility index (Phi) is 4.74. The molecule has 0 aliphatic carbocycles. The Morgan fingerprint density at radius 3 is 2.75 bits per heavy atom. The largest absolute Gasteiger partial charge is 0.465 e. The minimum absolute atomic E-state index is 0.0166. The van der Waals surface area contributed by atoms with Crippen LogP contribution in [0.5, 0.6) is 0 Å². The van der Waals surface area contributed by atoms with Crippen LogP contribution in [0.15, 0.2) is 4.99 Å². The fourth-order valence-corrected chi connectivity index (χ4v) is 3.34. The van der Waals surface area contributed by atoms with Crippen molar-refractivity contribution < 1.29 is 24.9 Å². The number of hydrogen-bond donors (Lipinski definition) is 4. The van der Waals surface area contributed by atoms with Crippen LogP contribution in [0.4, 0.5) is 4.79 Å². The first-order valence-corrected chi connectivity index (χ1v) is 7.27. The number of rotatable bonds is 3. The van der Waals surface area contributed by atoms with Crippen molar-refractivity contribution in [3.05, 3.63) is 0 Å². The monoisotopic (exact) mass is 305 g/mol. The lowest BCUT2D eigenvalue weighted by molar-refractivity contribution is -0.156. The van der Waals surface area contributed by atoms with Crippen molar-refractivity contribution in [1.82, 2.24) is 10.2 Å². The highest BCUT2D eigenvalue weighted by molar-refractivity contribution is 8.14. The highest BCUT2D eigenvalue weighted by Crippen LogP contribution is 2.35. The molecule has 8 nitrogen and oxygen atoms in total. The molecular weight excluding hydrogens is 286 g/mol. The van der Waals surface area contributed by atoms with Crippen LogP contribution >= 0.6 is 11.8 Å². The normalized spacial score (nSPS) is 36.2. The van der Waals surface area contributed by atoms with Gasteiger partial charge in [-0.05, 0) is 6.92 Å². The first kappa shape index (κ1) is 15.4. The van der Waals surface area contributed by atoms with Gasteiger partial charge in [0.15, 0.2) is 5.17 Å². The first-order valence-electron chi connectivity index (χ1n) is 6.39. The minimum atomic E-state index is -1.16. The van der Waals surface area contributed by atoms with Crippen LogP contribution in [0.3, 0.4) is 0 Å². The topological polar surface area (TPSA) is 115 Å². The van der Waals surface area contributed by atoms with Crippen LogP contribution in [0, 0.1) is 0 Å². The number of carbonyl (C=O) groups is 1. The maximum absolute atomic E-state index is 11.0. The molecule has 9 heteroatoms. The zero-order valence-corrected chi connectivity index (χ0v) is 12.1. The number of fused-ring (bicyclic) bond motifs is 1. The average molecular weight is 305 g/mol. The number of aliphatic hydroxyl groups is 2. The van der Waals surface area contributed by atoms with Gasteiger partial charge in [-0.3, -0.25) is 4.99 Å². The minimum Gasteiger partial charge on any atom is -0.465 e. The molecule has 20 heavy (non-hydrogen) atoms. The van der Waals surface area contributed by atoms with Gasteiger partial charge in [0.25, 0.3) is 0 Å². The van der Waals surface area contributed by atoms with Crippen LogP contribution < -0.4 is 5.32 Å². The molecule has 5 atom stereocenters. The lowest BCUT2D eigenvalue weighted by Gasteiger charge is -2.39. The van der Waals surface area contributed by atoms with Gasteiger partial charge in [-0.15, -0.1) is 0 Å². The molecule has 0 aromatic heterocycles. The van der Waals surface area contributed by atoms with E-state index in [0.29, 0.717) is 5.17 Å². The summed E-state index contributed by atoms with van der Waals surface area (Å²) in [6.07, 6.45) is -4.07. The van der Waals surface area contributed by atoms with Gasteiger partial charge in [0.2, 0.25) is 0 Å². The third-order valence-corrected chi connectivity index (χ3v) is 4.58. The zero-order chi connectivity index (χ0) is 14.9. The van der Waals surface area contributed by atoms with Crippen molar-refractivity contribution in [3.8, 4) is 0 Å². The van der Waals surface area contributed by atoms with E-state index in [1.54, 1.807) is 14.0 Å². The van der Waals surface area contributed by atoms with Gasteiger partial charge < -0.3 is 30.3 Å². The first-order chi connectivity index (χ1) is 9.47. The van der Waals surface area contributed by atoms with Crippen LogP contribution in [0.2, 0.25) is 0 Å². The number of aliphatic imine (C=N–C) groups is 1. The number of amidine groups is 1. The standard InChI is InChI=1S/C11H19N3O5S/c1-3-14(11(17)18)4-5-7(15)8(16)6-9(19-5)20-10(12-2)13-6/h5-9,15-16H,3-4H2,1-2H3,(H,12,13)(H,17,18)/t5-,6-,7-,8-,9-/m1/s1. The number of nitrogens with zero attached hydrogens (tertiary/aromatic N) is 2. The molecule has 2 heterocycles. The number of likely N-dealkylation sites (N-methyl/N-ethyl adjacent to an activating group) is 1. The molecule has 0 aromatic carbocycles. The summed E-state index contributed by atoms with van der Waals surface area (Å²) in [5.74, 6) is 0. The summed E-state index contributed by atoms with van der Waals surface area (Å²) in [4.78, 5) is 16.4. The van der Waals surface area contributed by atoms with Gasteiger partial charge in [-0.2, -0.15) is 0 Å². The van der Waals surface area contributed by atoms with Crippen LogP contribution in [-0.4, -0.2) is 81.4 Å². The lowest BCUT2D eigenvalue weighted by atomic mass is 9.98. The van der Waals surface area contributed by atoms with E-state index in [1.165, 1.54) is 11.8 Å². The molecule has 0 saturated carbocycles. The molecule has 0 unspecified atom stereocenters. The third kappa shape index (κ3) is 2.85. The van der Waals surface area contributed by atoms with Crippen molar-refractivity contribution in [2.75, 3.05) is 20.1 Å². The van der Waals surface area contributed by atoms with Crippen LogP contribution in [-0.2, 0) is 4.74 Å². The number of hydrogen-bond acceptors (Lipinski definition) is 7. The Hall–Kier alpha value is -1.03. The Labute approximate surface area is 120 Å². The third-order valence-electron chi connectivity index (χ3n) is 3.43. The second-order valence-electron chi connectivity index (χ2n) is 4.64. The van der Waals surface area contributed by atoms with Crippen LogP contribution in [0.1, 0.15) is 6.92 Å². The summed E-state index contributed by atoms with van der Waals surface area (Å²) in [6, 6.07) is -0.534. The van der Waals surface area contributed by atoms with Crippen molar-refractivity contribution in [1.29, 1.82) is 0 Å². The smallest absolute Gasteiger partial charge is 0.407 e. The summed E-state index contributed by atoms with van der Waals surface area (Å²) >= 11 is 1.33. The summed E-state index contributed by atoms with van der Waals surface area (Å²) in [5, 5.41) is 32.7. The number of amides is 1. The van der Waals surface area contributed by atoms with Crippen molar-refractivity contribution >= 4 is 23.0 Å². The molecular formula is C11H19N3O5S. The summed E-state index contributed by atoms with van der Waals surface area (Å²) in [6.45, 7) is 2.01. The van der Waals surface area contributed by atoms with E-state index >= 15 is 0 Å². The van der Waals surface area contributed by atoms with E-state index in [-0.39, 0.29) is 13.1 Å².